The number of fused-ring (bicyclic) bond motifs is 1. The van der Waals surface area contributed by atoms with E-state index < -0.39 is 34.5 Å². The molecule has 206 valence electrons. The second-order valence-corrected chi connectivity index (χ2v) is 9.59. The average molecular weight is 581 g/mol. The predicted molar refractivity (Wildman–Crippen MR) is 140 cm³/mol. The highest BCUT2D eigenvalue weighted by Crippen LogP contribution is 2.36. The van der Waals surface area contributed by atoms with Crippen molar-refractivity contribution >= 4 is 51.1 Å². The van der Waals surface area contributed by atoms with Gasteiger partial charge < -0.3 is 24.1 Å². The molecular formula is C25H22ClF3N5O4S-. The quantitative estimate of drug-likeness (QED) is 0.251. The molecule has 0 aliphatic carbocycles. The first-order valence-corrected chi connectivity index (χ1v) is 13.2. The van der Waals surface area contributed by atoms with Crippen LogP contribution in [0.25, 0.3) is 11.0 Å². The number of rotatable bonds is 10. The summed E-state index contributed by atoms with van der Waals surface area (Å²) in [7, 11) is 0. The van der Waals surface area contributed by atoms with E-state index in [1.165, 1.54) is 29.4 Å². The van der Waals surface area contributed by atoms with Crippen LogP contribution >= 0.6 is 11.6 Å². The Kier molecular flexibility index (Phi) is 8.73. The van der Waals surface area contributed by atoms with Gasteiger partial charge in [-0.05, 0) is 60.5 Å². The SMILES string of the molecule is CCN(CCn1ccc2ncnc(Nc3ccc(Oc4cccc(C(F)(F)F)c4)c(Cl)c3)c21)C(=O)CS(=O)[O-]. The van der Waals surface area contributed by atoms with E-state index in [0.717, 1.165) is 12.1 Å². The molecule has 2 aromatic carbocycles. The molecular weight excluding hydrogens is 559 g/mol. The molecule has 14 heteroatoms. The Morgan fingerprint density at radius 1 is 1.21 bits per heavy atom. The minimum atomic E-state index is -4.50. The summed E-state index contributed by atoms with van der Waals surface area (Å²) in [6.45, 7) is 2.75. The summed E-state index contributed by atoms with van der Waals surface area (Å²) in [5.41, 5.74) is 0.983. The molecule has 0 aliphatic rings. The summed E-state index contributed by atoms with van der Waals surface area (Å²) in [6.07, 6.45) is -1.33. The summed E-state index contributed by atoms with van der Waals surface area (Å²) in [4.78, 5) is 22.2. The summed E-state index contributed by atoms with van der Waals surface area (Å²) in [6, 6.07) is 11.0. The second-order valence-electron chi connectivity index (χ2n) is 8.28. The smallest absolute Gasteiger partial charge is 0.416 e. The van der Waals surface area contributed by atoms with Gasteiger partial charge in [0.15, 0.2) is 5.82 Å². The Hall–Kier alpha value is -3.68. The van der Waals surface area contributed by atoms with Crippen molar-refractivity contribution in [3.05, 3.63) is 71.6 Å². The third-order valence-corrected chi connectivity index (χ3v) is 6.50. The Bertz CT molecular complexity index is 1510. The van der Waals surface area contributed by atoms with Crippen LogP contribution in [0, 0.1) is 0 Å². The minimum absolute atomic E-state index is 0.0103. The Morgan fingerprint density at radius 3 is 2.69 bits per heavy atom. The number of carbonyl (C=O) groups is 1. The average Bonchev–Trinajstić information content (AvgIpc) is 3.29. The molecule has 0 radical (unpaired) electrons. The number of nitrogens with one attached hydrogen (secondary N) is 1. The molecule has 0 spiro atoms. The van der Waals surface area contributed by atoms with Crippen LogP contribution in [0.1, 0.15) is 12.5 Å². The number of amides is 1. The molecule has 0 saturated heterocycles. The number of carbonyl (C=O) groups excluding carboxylic acids is 1. The minimum Gasteiger partial charge on any atom is -0.772 e. The van der Waals surface area contributed by atoms with Crippen molar-refractivity contribution in [3.63, 3.8) is 0 Å². The van der Waals surface area contributed by atoms with Gasteiger partial charge in [0.2, 0.25) is 5.91 Å². The predicted octanol–water partition coefficient (Wildman–Crippen LogP) is 5.37. The number of ether oxygens (including phenoxy) is 1. The third-order valence-electron chi connectivity index (χ3n) is 5.72. The molecule has 2 aromatic heterocycles. The van der Waals surface area contributed by atoms with Gasteiger partial charge >= 0.3 is 6.18 Å². The fraction of sp³-hybridized carbons (Fsp3) is 0.240. The van der Waals surface area contributed by atoms with Crippen LogP contribution in [0.4, 0.5) is 24.7 Å². The fourth-order valence-electron chi connectivity index (χ4n) is 3.85. The zero-order valence-electron chi connectivity index (χ0n) is 20.4. The van der Waals surface area contributed by atoms with Gasteiger partial charge in [0.05, 0.1) is 21.9 Å². The molecule has 1 amide bonds. The van der Waals surface area contributed by atoms with Crippen LogP contribution in [0.15, 0.2) is 61.1 Å². The molecule has 4 aromatic rings. The number of hydrogen-bond acceptors (Lipinski definition) is 7. The summed E-state index contributed by atoms with van der Waals surface area (Å²) < 4.78 is 68.2. The first-order valence-electron chi connectivity index (χ1n) is 11.6. The van der Waals surface area contributed by atoms with Crippen molar-refractivity contribution in [3.8, 4) is 11.5 Å². The third kappa shape index (κ3) is 7.05. The maximum Gasteiger partial charge on any atom is 0.416 e. The van der Waals surface area contributed by atoms with Crippen LogP contribution in [0.3, 0.4) is 0 Å². The van der Waals surface area contributed by atoms with Crippen molar-refractivity contribution < 1.29 is 31.5 Å². The van der Waals surface area contributed by atoms with Gasteiger partial charge in [-0.25, -0.2) is 9.97 Å². The van der Waals surface area contributed by atoms with E-state index in [2.05, 4.69) is 15.3 Å². The Morgan fingerprint density at radius 2 is 2.00 bits per heavy atom. The molecule has 9 nitrogen and oxygen atoms in total. The molecule has 0 saturated carbocycles. The summed E-state index contributed by atoms with van der Waals surface area (Å²) >= 11 is 3.89. The zero-order valence-corrected chi connectivity index (χ0v) is 22.0. The van der Waals surface area contributed by atoms with Crippen molar-refractivity contribution in [2.45, 2.75) is 19.6 Å². The maximum atomic E-state index is 13.0. The van der Waals surface area contributed by atoms with Gasteiger partial charge in [-0.15, -0.1) is 0 Å². The van der Waals surface area contributed by atoms with Gasteiger partial charge in [0, 0.05) is 31.5 Å². The van der Waals surface area contributed by atoms with Crippen molar-refractivity contribution in [1.29, 1.82) is 0 Å². The van der Waals surface area contributed by atoms with Crippen LogP contribution < -0.4 is 10.1 Å². The lowest BCUT2D eigenvalue weighted by Crippen LogP contribution is -2.36. The Labute approximate surface area is 228 Å². The van der Waals surface area contributed by atoms with Gasteiger partial charge in [-0.2, -0.15) is 13.2 Å². The topological polar surface area (TPSA) is 112 Å². The molecule has 1 atom stereocenters. The first kappa shape index (κ1) is 28.3. The largest absolute Gasteiger partial charge is 0.772 e. The van der Waals surface area contributed by atoms with Crippen LogP contribution in [0.2, 0.25) is 5.02 Å². The number of likely N-dealkylation sites (N-methyl/N-ethyl adjacent to an activating group) is 1. The number of halogens is 4. The zero-order chi connectivity index (χ0) is 28.2. The highest BCUT2D eigenvalue weighted by Gasteiger charge is 2.30. The second kappa shape index (κ2) is 12.0. The molecule has 2 heterocycles. The standard InChI is InChI=1S/C25H23ClF3N5O4S/c1-2-33(22(35)14-39(36)37)10-11-34-9-8-20-23(34)24(31-15-30-20)32-17-6-7-21(19(26)13-17)38-18-5-3-4-16(12-18)25(27,28)29/h3-9,12-13,15H,2,10-11,14H2,1H3,(H,36,37)(H,30,31,32)/p-1. The molecule has 0 bridgehead atoms. The maximum absolute atomic E-state index is 13.0. The molecule has 1 unspecified atom stereocenters. The molecule has 1 N–H and O–H groups in total. The lowest BCUT2D eigenvalue weighted by atomic mass is 10.2. The van der Waals surface area contributed by atoms with E-state index in [9.17, 15) is 26.7 Å². The van der Waals surface area contributed by atoms with Gasteiger partial charge in [0.25, 0.3) is 0 Å². The van der Waals surface area contributed by atoms with Crippen LogP contribution in [-0.4, -0.2) is 52.9 Å². The number of alkyl halides is 3. The molecule has 0 fully saturated rings. The number of hydrogen-bond donors (Lipinski definition) is 1. The Balaban J connectivity index is 1.52. The number of nitrogens with zero attached hydrogens (tertiary/aromatic N) is 4. The van der Waals surface area contributed by atoms with Gasteiger partial charge in [0.1, 0.15) is 23.3 Å². The number of benzene rings is 2. The van der Waals surface area contributed by atoms with E-state index >= 15 is 0 Å². The van der Waals surface area contributed by atoms with E-state index in [0.29, 0.717) is 35.6 Å². The molecule has 4 rings (SSSR count). The van der Waals surface area contributed by atoms with Crippen molar-refractivity contribution in [2.24, 2.45) is 0 Å². The van der Waals surface area contributed by atoms with Crippen LogP contribution in [0.5, 0.6) is 11.5 Å². The highest BCUT2D eigenvalue weighted by atomic mass is 35.5. The normalized spacial score (nSPS) is 12.4. The molecule has 39 heavy (non-hydrogen) atoms. The number of aromatic nitrogens is 3. The van der Waals surface area contributed by atoms with Crippen molar-refractivity contribution in [2.75, 3.05) is 24.2 Å². The van der Waals surface area contributed by atoms with Gasteiger partial charge in [-0.3, -0.25) is 9.00 Å². The van der Waals surface area contributed by atoms with Gasteiger partial charge in [-0.1, -0.05) is 17.7 Å². The lowest BCUT2D eigenvalue weighted by Gasteiger charge is -2.22. The fourth-order valence-corrected chi connectivity index (χ4v) is 4.45. The van der Waals surface area contributed by atoms with E-state index in [1.54, 1.807) is 31.3 Å². The molecule has 0 aliphatic heterocycles. The first-order chi connectivity index (χ1) is 18.5. The lowest BCUT2D eigenvalue weighted by molar-refractivity contribution is -0.137. The van der Waals surface area contributed by atoms with E-state index in [-0.39, 0.29) is 23.1 Å². The number of anilines is 2. The monoisotopic (exact) mass is 580 g/mol. The highest BCUT2D eigenvalue weighted by molar-refractivity contribution is 7.79. The van der Waals surface area contributed by atoms with Crippen molar-refractivity contribution in [1.82, 2.24) is 19.4 Å². The summed E-state index contributed by atoms with van der Waals surface area (Å²) in [5, 5.41) is 3.32. The van der Waals surface area contributed by atoms with E-state index in [4.69, 9.17) is 16.3 Å². The van der Waals surface area contributed by atoms with Crippen LogP contribution in [-0.2, 0) is 28.6 Å². The summed E-state index contributed by atoms with van der Waals surface area (Å²) in [5.74, 6) is -0.462. The van der Waals surface area contributed by atoms with E-state index in [1.807, 2.05) is 4.57 Å².